The Balaban J connectivity index is 1.56. The van der Waals surface area contributed by atoms with Crippen LogP contribution in [-0.4, -0.2) is 17.0 Å². The Kier molecular flexibility index (Phi) is 4.39. The van der Waals surface area contributed by atoms with E-state index < -0.39 is 0 Å². The lowest BCUT2D eigenvalue weighted by Gasteiger charge is -2.54. The maximum Gasteiger partial charge on any atom is 0.155 e. The Morgan fingerprint density at radius 3 is 2.79 bits per heavy atom. The molecule has 1 N–H and O–H groups in total. The van der Waals surface area contributed by atoms with E-state index in [0.717, 1.165) is 49.9 Å². The summed E-state index contributed by atoms with van der Waals surface area (Å²) in [7, 11) is 0. The number of ketones is 1. The molecular formula is C22H34O2. The monoisotopic (exact) mass is 330 g/mol. The van der Waals surface area contributed by atoms with Crippen molar-refractivity contribution in [3.05, 3.63) is 11.6 Å². The molecule has 24 heavy (non-hydrogen) atoms. The van der Waals surface area contributed by atoms with Crippen molar-refractivity contribution in [2.75, 3.05) is 0 Å². The molecule has 4 aliphatic carbocycles. The standard InChI is InChI=1S/C22H34O2/c1-3-4-21(24)20-10-9-19-18-7-5-14-13-15(23)6-8-16(14)17(18)11-12-22(19,20)2/h13,16-21,24H,3-12H2,1-2H3/t16-,17+,18+,19+,20+,21+,22-/m0/s1. The molecule has 0 aromatic rings. The van der Waals surface area contributed by atoms with Crippen LogP contribution < -0.4 is 0 Å². The molecule has 3 saturated carbocycles. The quantitative estimate of drug-likeness (QED) is 0.798. The van der Waals surface area contributed by atoms with Gasteiger partial charge in [0.1, 0.15) is 0 Å². The summed E-state index contributed by atoms with van der Waals surface area (Å²) in [6, 6.07) is 0. The van der Waals surface area contributed by atoms with Gasteiger partial charge in [0.2, 0.25) is 0 Å². The number of rotatable bonds is 3. The maximum absolute atomic E-state index is 11.8. The summed E-state index contributed by atoms with van der Waals surface area (Å²) >= 11 is 0. The zero-order valence-electron chi connectivity index (χ0n) is 15.5. The largest absolute Gasteiger partial charge is 0.393 e. The van der Waals surface area contributed by atoms with Crippen LogP contribution >= 0.6 is 0 Å². The van der Waals surface area contributed by atoms with Crippen molar-refractivity contribution in [2.24, 2.45) is 35.0 Å². The molecule has 4 aliphatic rings. The van der Waals surface area contributed by atoms with Gasteiger partial charge in [-0.15, -0.1) is 0 Å². The van der Waals surface area contributed by atoms with Crippen LogP contribution in [0.25, 0.3) is 0 Å². The molecule has 2 heteroatoms. The third kappa shape index (κ3) is 2.52. The highest BCUT2D eigenvalue weighted by atomic mass is 16.3. The lowest BCUT2D eigenvalue weighted by molar-refractivity contribution is -0.116. The average molecular weight is 331 g/mol. The van der Waals surface area contributed by atoms with E-state index in [-0.39, 0.29) is 6.10 Å². The number of hydrogen-bond donors (Lipinski definition) is 1. The molecule has 0 unspecified atom stereocenters. The molecule has 134 valence electrons. The van der Waals surface area contributed by atoms with E-state index in [9.17, 15) is 9.90 Å². The first kappa shape index (κ1) is 16.8. The van der Waals surface area contributed by atoms with Crippen molar-refractivity contribution >= 4 is 5.78 Å². The van der Waals surface area contributed by atoms with Gasteiger partial charge in [0.15, 0.2) is 5.78 Å². The molecule has 0 aliphatic heterocycles. The van der Waals surface area contributed by atoms with Gasteiger partial charge in [0.25, 0.3) is 0 Å². The van der Waals surface area contributed by atoms with Crippen LogP contribution in [0.4, 0.5) is 0 Å². The SMILES string of the molecule is CCC[C@@H](O)[C@H]1CC[C@@H]2[C@@H]3CCC4=CC(=O)CC[C@@H]4[C@H]3CC[C@@]21C. The van der Waals surface area contributed by atoms with Gasteiger partial charge in [-0.05, 0) is 92.4 Å². The molecule has 4 rings (SSSR count). The molecule has 0 aromatic carbocycles. The normalized spacial score (nSPS) is 45.9. The number of aliphatic hydroxyl groups excluding tert-OH is 1. The van der Waals surface area contributed by atoms with E-state index >= 15 is 0 Å². The summed E-state index contributed by atoms with van der Waals surface area (Å²) in [5, 5.41) is 10.7. The number of carbonyl (C=O) groups excluding carboxylic acids is 1. The zero-order valence-corrected chi connectivity index (χ0v) is 15.5. The van der Waals surface area contributed by atoms with Crippen molar-refractivity contribution in [1.82, 2.24) is 0 Å². The zero-order chi connectivity index (χ0) is 16.9. The lowest BCUT2D eigenvalue weighted by Crippen LogP contribution is -2.48. The van der Waals surface area contributed by atoms with Crippen molar-refractivity contribution in [1.29, 1.82) is 0 Å². The van der Waals surface area contributed by atoms with E-state index in [1.54, 1.807) is 0 Å². The van der Waals surface area contributed by atoms with Gasteiger partial charge in [0, 0.05) is 6.42 Å². The summed E-state index contributed by atoms with van der Waals surface area (Å²) in [4.78, 5) is 11.8. The number of aliphatic hydroxyl groups is 1. The number of carbonyl (C=O) groups is 1. The van der Waals surface area contributed by atoms with E-state index in [2.05, 4.69) is 13.8 Å². The van der Waals surface area contributed by atoms with Crippen LogP contribution in [0.1, 0.15) is 78.1 Å². The molecule has 0 spiro atoms. The third-order valence-electron chi connectivity index (χ3n) is 8.42. The summed E-state index contributed by atoms with van der Waals surface area (Å²) in [6.07, 6.45) is 13.5. The molecule has 0 aromatic heterocycles. The molecule has 2 nitrogen and oxygen atoms in total. The fourth-order valence-corrected chi connectivity index (χ4v) is 7.35. The van der Waals surface area contributed by atoms with Crippen LogP contribution in [0.2, 0.25) is 0 Å². The van der Waals surface area contributed by atoms with Crippen molar-refractivity contribution in [3.63, 3.8) is 0 Å². The number of fused-ring (bicyclic) bond motifs is 5. The van der Waals surface area contributed by atoms with Crippen molar-refractivity contribution in [3.8, 4) is 0 Å². The van der Waals surface area contributed by atoms with Gasteiger partial charge in [-0.2, -0.15) is 0 Å². The van der Waals surface area contributed by atoms with E-state index in [0.29, 0.717) is 23.0 Å². The highest BCUT2D eigenvalue weighted by Crippen LogP contribution is 2.64. The number of allylic oxidation sites excluding steroid dienone is 1. The summed E-state index contributed by atoms with van der Waals surface area (Å²) in [5.41, 5.74) is 1.85. The van der Waals surface area contributed by atoms with Crippen LogP contribution in [0.15, 0.2) is 11.6 Å². The van der Waals surface area contributed by atoms with Gasteiger partial charge in [0.05, 0.1) is 6.10 Å². The highest BCUT2D eigenvalue weighted by Gasteiger charge is 2.57. The van der Waals surface area contributed by atoms with E-state index in [1.807, 2.05) is 6.08 Å². The van der Waals surface area contributed by atoms with Crippen LogP contribution in [-0.2, 0) is 4.79 Å². The predicted octanol–water partition coefficient (Wildman–Crippen LogP) is 4.91. The average Bonchev–Trinajstić information content (AvgIpc) is 2.92. The fourth-order valence-electron chi connectivity index (χ4n) is 7.35. The number of hydrogen-bond acceptors (Lipinski definition) is 2. The van der Waals surface area contributed by atoms with Crippen molar-refractivity contribution < 1.29 is 9.90 Å². The molecule has 0 heterocycles. The van der Waals surface area contributed by atoms with Crippen LogP contribution in [0.3, 0.4) is 0 Å². The Bertz CT molecular complexity index is 536. The summed E-state index contributed by atoms with van der Waals surface area (Å²) in [6.45, 7) is 4.69. The second-order valence-electron chi connectivity index (χ2n) is 9.39. The lowest BCUT2D eigenvalue weighted by atomic mass is 9.51. The molecular weight excluding hydrogens is 296 g/mol. The van der Waals surface area contributed by atoms with Gasteiger partial charge in [-0.25, -0.2) is 0 Å². The Hall–Kier alpha value is -0.630. The Morgan fingerprint density at radius 1 is 1.17 bits per heavy atom. The molecule has 0 bridgehead atoms. The van der Waals surface area contributed by atoms with E-state index in [1.165, 1.54) is 37.7 Å². The molecule has 3 fully saturated rings. The van der Waals surface area contributed by atoms with E-state index in [4.69, 9.17) is 0 Å². The Morgan fingerprint density at radius 2 is 2.00 bits per heavy atom. The molecule has 0 saturated heterocycles. The summed E-state index contributed by atoms with van der Waals surface area (Å²) < 4.78 is 0. The first-order chi connectivity index (χ1) is 11.5. The minimum absolute atomic E-state index is 0.0899. The molecule has 7 atom stereocenters. The smallest absolute Gasteiger partial charge is 0.155 e. The summed E-state index contributed by atoms with van der Waals surface area (Å²) in [5.74, 6) is 4.06. The minimum atomic E-state index is -0.0899. The Labute approximate surface area is 147 Å². The van der Waals surface area contributed by atoms with Gasteiger partial charge < -0.3 is 5.11 Å². The second-order valence-corrected chi connectivity index (χ2v) is 9.39. The fraction of sp³-hybridized carbons (Fsp3) is 0.864. The first-order valence-electron chi connectivity index (χ1n) is 10.5. The van der Waals surface area contributed by atoms with Gasteiger partial charge in [-0.3, -0.25) is 4.79 Å². The van der Waals surface area contributed by atoms with Crippen LogP contribution in [0, 0.1) is 35.0 Å². The first-order valence-corrected chi connectivity index (χ1v) is 10.5. The second kappa shape index (κ2) is 6.27. The minimum Gasteiger partial charge on any atom is -0.393 e. The van der Waals surface area contributed by atoms with Crippen LogP contribution in [0.5, 0.6) is 0 Å². The predicted molar refractivity (Wildman–Crippen MR) is 96.5 cm³/mol. The van der Waals surface area contributed by atoms with Gasteiger partial charge in [-0.1, -0.05) is 25.8 Å². The highest BCUT2D eigenvalue weighted by molar-refractivity contribution is 5.91. The van der Waals surface area contributed by atoms with Gasteiger partial charge >= 0.3 is 0 Å². The van der Waals surface area contributed by atoms with Crippen molar-refractivity contribution in [2.45, 2.75) is 84.2 Å². The topological polar surface area (TPSA) is 37.3 Å². The third-order valence-corrected chi connectivity index (χ3v) is 8.42. The molecule has 0 amide bonds. The maximum atomic E-state index is 11.8. The molecule has 0 radical (unpaired) electrons.